The molecule has 2 aromatic carbocycles. The van der Waals surface area contributed by atoms with Gasteiger partial charge in [0, 0.05) is 12.0 Å². The Hall–Kier alpha value is -1.51. The lowest BCUT2D eigenvalue weighted by molar-refractivity contribution is 0.0993. The summed E-state index contributed by atoms with van der Waals surface area (Å²) in [6.45, 7) is 0. The fourth-order valence-electron chi connectivity index (χ4n) is 1.74. The number of halogens is 2. The molecule has 2 nitrogen and oxygen atoms in total. The number of Topliss-reactive ketones (excluding diaryl/α,β-unsaturated/α-hetero) is 1. The number of benzene rings is 2. The van der Waals surface area contributed by atoms with Crippen LogP contribution in [0.2, 0.25) is 10.0 Å². The van der Waals surface area contributed by atoms with Gasteiger partial charge in [0.25, 0.3) is 0 Å². The molecule has 0 aliphatic rings. The predicted octanol–water partition coefficient (Wildman–Crippen LogP) is 4.43. The van der Waals surface area contributed by atoms with Crippen LogP contribution in [0.25, 0.3) is 0 Å². The van der Waals surface area contributed by atoms with Crippen molar-refractivity contribution in [3.63, 3.8) is 0 Å². The molecule has 0 spiro atoms. The van der Waals surface area contributed by atoms with E-state index in [1.165, 1.54) is 0 Å². The molecule has 2 aromatic rings. The molecule has 4 heteroatoms. The van der Waals surface area contributed by atoms with Crippen LogP contribution in [-0.4, -0.2) is 12.9 Å². The van der Waals surface area contributed by atoms with E-state index < -0.39 is 0 Å². The highest BCUT2D eigenvalue weighted by atomic mass is 35.5. The Morgan fingerprint density at radius 3 is 2.42 bits per heavy atom. The number of rotatable bonds is 4. The molecular formula is C15H12Cl2O2. The van der Waals surface area contributed by atoms with Crippen molar-refractivity contribution < 1.29 is 9.53 Å². The van der Waals surface area contributed by atoms with Crippen molar-refractivity contribution in [2.24, 2.45) is 0 Å². The zero-order valence-electron chi connectivity index (χ0n) is 10.3. The summed E-state index contributed by atoms with van der Waals surface area (Å²) in [5, 5.41) is 0.896. The Labute approximate surface area is 121 Å². The minimum atomic E-state index is -0.00757. The average molecular weight is 295 g/mol. The van der Waals surface area contributed by atoms with Gasteiger partial charge in [0.1, 0.15) is 5.75 Å². The molecule has 0 radical (unpaired) electrons. The molecule has 0 N–H and O–H groups in total. The van der Waals surface area contributed by atoms with Gasteiger partial charge in [-0.15, -0.1) is 0 Å². The molecule has 19 heavy (non-hydrogen) atoms. The SMILES string of the molecule is COc1ccc(C(=O)Cc2cccc(Cl)c2Cl)cc1. The van der Waals surface area contributed by atoms with Crippen molar-refractivity contribution in [3.8, 4) is 5.75 Å². The van der Waals surface area contributed by atoms with Crippen LogP contribution in [0.1, 0.15) is 15.9 Å². The van der Waals surface area contributed by atoms with E-state index in [1.54, 1.807) is 49.6 Å². The van der Waals surface area contributed by atoms with Gasteiger partial charge >= 0.3 is 0 Å². The highest BCUT2D eigenvalue weighted by Crippen LogP contribution is 2.26. The smallest absolute Gasteiger partial charge is 0.167 e. The van der Waals surface area contributed by atoms with E-state index in [-0.39, 0.29) is 12.2 Å². The standard InChI is InChI=1S/C15H12Cl2O2/c1-19-12-7-5-10(6-8-12)14(18)9-11-3-2-4-13(16)15(11)17/h2-8H,9H2,1H3. The fourth-order valence-corrected chi connectivity index (χ4v) is 2.12. The summed E-state index contributed by atoms with van der Waals surface area (Å²) in [5.41, 5.74) is 1.35. The van der Waals surface area contributed by atoms with Crippen LogP contribution < -0.4 is 4.74 Å². The Morgan fingerprint density at radius 1 is 1.11 bits per heavy atom. The van der Waals surface area contributed by atoms with Crippen molar-refractivity contribution >= 4 is 29.0 Å². The lowest BCUT2D eigenvalue weighted by Gasteiger charge is -2.06. The van der Waals surface area contributed by atoms with Gasteiger partial charge in [-0.2, -0.15) is 0 Å². The van der Waals surface area contributed by atoms with Gasteiger partial charge in [-0.1, -0.05) is 35.3 Å². The van der Waals surface area contributed by atoms with Crippen LogP contribution in [0.4, 0.5) is 0 Å². The van der Waals surface area contributed by atoms with E-state index in [4.69, 9.17) is 27.9 Å². The fraction of sp³-hybridized carbons (Fsp3) is 0.133. The first kappa shape index (κ1) is 13.9. The second-order valence-corrected chi connectivity index (χ2v) is 4.83. The maximum atomic E-state index is 12.1. The van der Waals surface area contributed by atoms with Gasteiger partial charge in [-0.05, 0) is 35.9 Å². The van der Waals surface area contributed by atoms with Crippen LogP contribution in [0.5, 0.6) is 5.75 Å². The molecule has 0 fully saturated rings. The third-order valence-corrected chi connectivity index (χ3v) is 3.65. The van der Waals surface area contributed by atoms with Crippen molar-refractivity contribution in [1.29, 1.82) is 0 Å². The Kier molecular flexibility index (Phi) is 4.46. The quantitative estimate of drug-likeness (QED) is 0.780. The van der Waals surface area contributed by atoms with Crippen LogP contribution in [0.15, 0.2) is 42.5 Å². The van der Waals surface area contributed by atoms with Crippen molar-refractivity contribution in [2.45, 2.75) is 6.42 Å². The molecule has 2 rings (SSSR count). The van der Waals surface area contributed by atoms with Crippen LogP contribution in [0.3, 0.4) is 0 Å². The molecule has 0 saturated heterocycles. The molecule has 0 aromatic heterocycles. The first-order valence-corrected chi connectivity index (χ1v) is 6.47. The van der Waals surface area contributed by atoms with E-state index >= 15 is 0 Å². The highest BCUT2D eigenvalue weighted by Gasteiger charge is 2.11. The minimum Gasteiger partial charge on any atom is -0.497 e. The summed E-state index contributed by atoms with van der Waals surface area (Å²) < 4.78 is 5.05. The first-order chi connectivity index (χ1) is 9.11. The van der Waals surface area contributed by atoms with Gasteiger partial charge in [-0.25, -0.2) is 0 Å². The minimum absolute atomic E-state index is 0.00757. The second kappa shape index (κ2) is 6.09. The van der Waals surface area contributed by atoms with Crippen LogP contribution in [-0.2, 0) is 6.42 Å². The van der Waals surface area contributed by atoms with E-state index in [9.17, 15) is 4.79 Å². The number of ether oxygens (including phenoxy) is 1. The van der Waals surface area contributed by atoms with Crippen molar-refractivity contribution in [3.05, 3.63) is 63.6 Å². The monoisotopic (exact) mass is 294 g/mol. The summed E-state index contributed by atoms with van der Waals surface area (Å²) >= 11 is 12.0. The number of methoxy groups -OCH3 is 1. The largest absolute Gasteiger partial charge is 0.497 e. The van der Waals surface area contributed by atoms with Crippen LogP contribution >= 0.6 is 23.2 Å². The number of hydrogen-bond acceptors (Lipinski definition) is 2. The zero-order chi connectivity index (χ0) is 13.8. The van der Waals surface area contributed by atoms with Crippen molar-refractivity contribution in [1.82, 2.24) is 0 Å². The van der Waals surface area contributed by atoms with E-state index in [0.29, 0.717) is 15.6 Å². The summed E-state index contributed by atoms with van der Waals surface area (Å²) in [6, 6.07) is 12.3. The summed E-state index contributed by atoms with van der Waals surface area (Å²) in [6.07, 6.45) is 0.228. The number of ketones is 1. The van der Waals surface area contributed by atoms with Gasteiger partial charge in [-0.3, -0.25) is 4.79 Å². The van der Waals surface area contributed by atoms with Gasteiger partial charge in [0.05, 0.1) is 17.2 Å². The Morgan fingerprint density at radius 2 is 1.79 bits per heavy atom. The molecule has 0 saturated carbocycles. The third kappa shape index (κ3) is 3.28. The number of carbonyl (C=O) groups excluding carboxylic acids is 1. The van der Waals surface area contributed by atoms with Crippen molar-refractivity contribution in [2.75, 3.05) is 7.11 Å². The first-order valence-electron chi connectivity index (χ1n) is 5.72. The molecule has 0 aliphatic carbocycles. The molecule has 0 aliphatic heterocycles. The van der Waals surface area contributed by atoms with Gasteiger partial charge < -0.3 is 4.74 Å². The zero-order valence-corrected chi connectivity index (χ0v) is 11.8. The van der Waals surface area contributed by atoms with Gasteiger partial charge in [0.15, 0.2) is 5.78 Å². The molecule has 0 bridgehead atoms. The molecule has 0 atom stereocenters. The molecular weight excluding hydrogens is 283 g/mol. The highest BCUT2D eigenvalue weighted by molar-refractivity contribution is 6.42. The Balaban J connectivity index is 2.18. The maximum Gasteiger partial charge on any atom is 0.167 e. The Bertz CT molecular complexity index is 592. The summed E-state index contributed by atoms with van der Waals surface area (Å²) in [4.78, 5) is 12.1. The third-order valence-electron chi connectivity index (χ3n) is 2.79. The second-order valence-electron chi connectivity index (χ2n) is 4.04. The summed E-state index contributed by atoms with van der Waals surface area (Å²) in [7, 11) is 1.59. The maximum absolute atomic E-state index is 12.1. The van der Waals surface area contributed by atoms with E-state index in [2.05, 4.69) is 0 Å². The van der Waals surface area contributed by atoms with E-state index in [0.717, 1.165) is 11.3 Å². The lowest BCUT2D eigenvalue weighted by Crippen LogP contribution is -2.04. The molecule has 0 heterocycles. The normalized spacial score (nSPS) is 10.3. The average Bonchev–Trinajstić information content (AvgIpc) is 2.44. The lowest BCUT2D eigenvalue weighted by atomic mass is 10.0. The van der Waals surface area contributed by atoms with Crippen LogP contribution in [0, 0.1) is 0 Å². The molecule has 0 unspecified atom stereocenters. The van der Waals surface area contributed by atoms with E-state index in [1.807, 2.05) is 0 Å². The van der Waals surface area contributed by atoms with Gasteiger partial charge in [0.2, 0.25) is 0 Å². The molecule has 0 amide bonds. The summed E-state index contributed by atoms with van der Waals surface area (Å²) in [5.74, 6) is 0.712. The topological polar surface area (TPSA) is 26.3 Å². The predicted molar refractivity (Wildman–Crippen MR) is 77.5 cm³/mol. The molecule has 98 valence electrons. The number of carbonyl (C=O) groups is 1. The number of hydrogen-bond donors (Lipinski definition) is 0.